The minimum Gasteiger partial charge on any atom is -0.387 e. The number of rotatable bonds is 2. The molecule has 1 N–H and O–H groups in total. The van der Waals surface area contributed by atoms with Crippen LogP contribution in [0.5, 0.6) is 0 Å². The lowest BCUT2D eigenvalue weighted by atomic mass is 9.85. The molecule has 1 heterocycles. The van der Waals surface area contributed by atoms with Crippen molar-refractivity contribution in [2.24, 2.45) is 5.92 Å². The van der Waals surface area contributed by atoms with Crippen LogP contribution in [0.25, 0.3) is 0 Å². The predicted molar refractivity (Wildman–Crippen MR) is 71.3 cm³/mol. The summed E-state index contributed by atoms with van der Waals surface area (Å²) in [6.07, 6.45) is 5.96. The Morgan fingerprint density at radius 3 is 2.47 bits per heavy atom. The van der Waals surface area contributed by atoms with Gasteiger partial charge in [0, 0.05) is 9.35 Å². The van der Waals surface area contributed by atoms with Crippen molar-refractivity contribution in [3.63, 3.8) is 0 Å². The zero-order valence-electron chi connectivity index (χ0n) is 8.38. The lowest BCUT2D eigenvalue weighted by Crippen LogP contribution is -2.14. The molecular formula is C11H14Br2OS. The van der Waals surface area contributed by atoms with E-state index in [9.17, 15) is 5.11 Å². The van der Waals surface area contributed by atoms with Crippen molar-refractivity contribution < 1.29 is 5.11 Å². The molecule has 0 bridgehead atoms. The Kier molecular flexibility index (Phi) is 4.27. The number of aliphatic hydroxyl groups is 1. The Morgan fingerprint density at radius 1 is 1.27 bits per heavy atom. The van der Waals surface area contributed by atoms with Gasteiger partial charge in [-0.05, 0) is 56.7 Å². The maximum atomic E-state index is 10.3. The van der Waals surface area contributed by atoms with Crippen LogP contribution in [0.2, 0.25) is 0 Å². The number of hydrogen-bond donors (Lipinski definition) is 1. The molecular weight excluding hydrogens is 340 g/mol. The highest BCUT2D eigenvalue weighted by molar-refractivity contribution is 9.13. The fourth-order valence-electron chi connectivity index (χ4n) is 2.19. The highest BCUT2D eigenvalue weighted by Gasteiger charge is 2.24. The summed E-state index contributed by atoms with van der Waals surface area (Å²) < 4.78 is 2.13. The number of halogens is 2. The number of hydrogen-bond acceptors (Lipinski definition) is 2. The van der Waals surface area contributed by atoms with Gasteiger partial charge in [-0.25, -0.2) is 0 Å². The highest BCUT2D eigenvalue weighted by Crippen LogP contribution is 2.41. The minimum atomic E-state index is -0.266. The molecule has 0 radical (unpaired) electrons. The number of aliphatic hydroxyl groups excluding tert-OH is 1. The molecule has 1 atom stereocenters. The van der Waals surface area contributed by atoms with E-state index in [0.717, 1.165) is 13.1 Å². The average Bonchev–Trinajstić information content (AvgIpc) is 2.59. The summed E-state index contributed by atoms with van der Waals surface area (Å²) in [5.41, 5.74) is 0. The summed E-state index contributed by atoms with van der Waals surface area (Å²) in [5, 5.41) is 10.3. The van der Waals surface area contributed by atoms with E-state index >= 15 is 0 Å². The summed E-state index contributed by atoms with van der Waals surface area (Å²) in [4.78, 5) is 1.08. The lowest BCUT2D eigenvalue weighted by molar-refractivity contribution is 0.0879. The molecule has 1 aliphatic carbocycles. The zero-order valence-corrected chi connectivity index (χ0v) is 12.4. The van der Waals surface area contributed by atoms with Crippen LogP contribution in [0.1, 0.15) is 43.1 Å². The molecule has 84 valence electrons. The summed E-state index contributed by atoms with van der Waals surface area (Å²) >= 11 is 8.57. The van der Waals surface area contributed by atoms with Crippen LogP contribution in [0.15, 0.2) is 14.3 Å². The number of thiophene rings is 1. The van der Waals surface area contributed by atoms with Crippen LogP contribution in [0.4, 0.5) is 0 Å². The Hall–Kier alpha value is 0.620. The lowest BCUT2D eigenvalue weighted by Gasteiger charge is -2.25. The normalized spacial score (nSPS) is 20.5. The van der Waals surface area contributed by atoms with Gasteiger partial charge in [0.1, 0.15) is 0 Å². The summed E-state index contributed by atoms with van der Waals surface area (Å²) in [6.45, 7) is 0. The smallest absolute Gasteiger partial charge is 0.0910 e. The molecule has 1 nitrogen and oxygen atoms in total. The van der Waals surface area contributed by atoms with Crippen LogP contribution >= 0.6 is 43.2 Å². The zero-order chi connectivity index (χ0) is 10.8. The Balaban J connectivity index is 2.08. The largest absolute Gasteiger partial charge is 0.387 e. The molecule has 0 aliphatic heterocycles. The molecule has 4 heteroatoms. The fourth-order valence-corrected chi connectivity index (χ4v) is 4.36. The monoisotopic (exact) mass is 352 g/mol. The first kappa shape index (κ1) is 12.1. The molecule has 0 aromatic carbocycles. The molecule has 1 aromatic heterocycles. The van der Waals surface area contributed by atoms with Crippen LogP contribution in [-0.2, 0) is 0 Å². The summed E-state index contributed by atoms with van der Waals surface area (Å²) in [5.74, 6) is 0.469. The SMILES string of the molecule is OC(c1cc(Br)c(Br)s1)C1CCCCC1. The van der Waals surface area contributed by atoms with Gasteiger partial charge in [0.05, 0.1) is 9.89 Å². The Bertz CT molecular complexity index is 312. The second-order valence-electron chi connectivity index (χ2n) is 4.11. The van der Waals surface area contributed by atoms with Crippen molar-refractivity contribution in [1.29, 1.82) is 0 Å². The van der Waals surface area contributed by atoms with Crippen molar-refractivity contribution in [3.05, 3.63) is 19.2 Å². The maximum absolute atomic E-state index is 10.3. The van der Waals surface area contributed by atoms with Gasteiger partial charge >= 0.3 is 0 Å². The van der Waals surface area contributed by atoms with Crippen LogP contribution < -0.4 is 0 Å². The van der Waals surface area contributed by atoms with Crippen LogP contribution in [0.3, 0.4) is 0 Å². The van der Waals surface area contributed by atoms with E-state index in [4.69, 9.17) is 0 Å². The van der Waals surface area contributed by atoms with E-state index in [1.165, 1.54) is 32.1 Å². The van der Waals surface area contributed by atoms with E-state index in [1.807, 2.05) is 6.07 Å². The van der Waals surface area contributed by atoms with Gasteiger partial charge in [-0.1, -0.05) is 19.3 Å². The molecule has 1 fully saturated rings. The summed E-state index contributed by atoms with van der Waals surface area (Å²) in [6, 6.07) is 2.04. The maximum Gasteiger partial charge on any atom is 0.0910 e. The third-order valence-electron chi connectivity index (χ3n) is 3.05. The molecule has 0 amide bonds. The topological polar surface area (TPSA) is 20.2 Å². The molecule has 15 heavy (non-hydrogen) atoms. The van der Waals surface area contributed by atoms with Crippen molar-refractivity contribution in [1.82, 2.24) is 0 Å². The van der Waals surface area contributed by atoms with Crippen LogP contribution in [0, 0.1) is 5.92 Å². The molecule has 0 spiro atoms. The predicted octanol–water partition coefficient (Wildman–Crippen LogP) is 4.89. The second kappa shape index (κ2) is 5.30. The van der Waals surface area contributed by atoms with Crippen molar-refractivity contribution in [2.75, 3.05) is 0 Å². The van der Waals surface area contributed by atoms with Gasteiger partial charge in [0.15, 0.2) is 0 Å². The third-order valence-corrected chi connectivity index (χ3v) is 6.38. The van der Waals surface area contributed by atoms with Gasteiger partial charge < -0.3 is 5.11 Å². The minimum absolute atomic E-state index is 0.266. The van der Waals surface area contributed by atoms with Gasteiger partial charge in [-0.3, -0.25) is 0 Å². The molecule has 0 saturated heterocycles. The fraction of sp³-hybridized carbons (Fsp3) is 0.636. The third kappa shape index (κ3) is 2.84. The van der Waals surface area contributed by atoms with Gasteiger partial charge in [-0.15, -0.1) is 11.3 Å². The van der Waals surface area contributed by atoms with Gasteiger partial charge in [0.25, 0.3) is 0 Å². The molecule has 2 rings (SSSR count). The molecule has 1 aromatic rings. The standard InChI is InChI=1S/C11H14Br2OS/c12-8-6-9(15-11(8)13)10(14)7-4-2-1-3-5-7/h6-7,10,14H,1-5H2. The first-order chi connectivity index (χ1) is 7.18. The van der Waals surface area contributed by atoms with Crippen molar-refractivity contribution >= 4 is 43.2 Å². The molecule has 1 aliphatic rings. The molecule has 1 saturated carbocycles. The van der Waals surface area contributed by atoms with Crippen LogP contribution in [-0.4, -0.2) is 5.11 Å². The van der Waals surface area contributed by atoms with Gasteiger partial charge in [-0.2, -0.15) is 0 Å². The quantitative estimate of drug-likeness (QED) is 0.802. The van der Waals surface area contributed by atoms with Crippen molar-refractivity contribution in [3.8, 4) is 0 Å². The average molecular weight is 354 g/mol. The molecule has 1 unspecified atom stereocenters. The van der Waals surface area contributed by atoms with E-state index < -0.39 is 0 Å². The van der Waals surface area contributed by atoms with E-state index in [1.54, 1.807) is 11.3 Å². The van der Waals surface area contributed by atoms with Crippen molar-refractivity contribution in [2.45, 2.75) is 38.2 Å². The van der Waals surface area contributed by atoms with Gasteiger partial charge in [0.2, 0.25) is 0 Å². The highest BCUT2D eigenvalue weighted by atomic mass is 79.9. The van der Waals surface area contributed by atoms with E-state index in [0.29, 0.717) is 5.92 Å². The first-order valence-electron chi connectivity index (χ1n) is 5.31. The first-order valence-corrected chi connectivity index (χ1v) is 7.71. The van der Waals surface area contributed by atoms with E-state index in [-0.39, 0.29) is 6.10 Å². The van der Waals surface area contributed by atoms with E-state index in [2.05, 4.69) is 31.9 Å². The Labute approximate surface area is 111 Å². The second-order valence-corrected chi connectivity index (χ2v) is 7.37. The summed E-state index contributed by atoms with van der Waals surface area (Å²) in [7, 11) is 0. The Morgan fingerprint density at radius 2 is 1.93 bits per heavy atom.